The van der Waals surface area contributed by atoms with E-state index in [1.807, 2.05) is 0 Å². The van der Waals surface area contributed by atoms with Gasteiger partial charge in [-0.15, -0.1) is 0 Å². The quantitative estimate of drug-likeness (QED) is 0.822. The molecule has 1 aromatic heterocycles. The number of rotatable bonds is 4. The predicted molar refractivity (Wildman–Crippen MR) is 64.3 cm³/mol. The average molecular weight is 225 g/mol. The summed E-state index contributed by atoms with van der Waals surface area (Å²) in [6, 6.07) is 2.19. The number of aliphatic hydroxyl groups excluding tert-OH is 1. The van der Waals surface area contributed by atoms with Crippen LogP contribution in [0.25, 0.3) is 0 Å². The van der Waals surface area contributed by atoms with Crippen molar-refractivity contribution in [1.82, 2.24) is 5.32 Å². The molecule has 15 heavy (non-hydrogen) atoms. The zero-order chi connectivity index (χ0) is 10.6. The monoisotopic (exact) mass is 225 g/mol. The van der Waals surface area contributed by atoms with Gasteiger partial charge in [-0.2, -0.15) is 11.3 Å². The Bertz CT molecular complexity index is 278. The first-order valence-electron chi connectivity index (χ1n) is 5.67. The maximum atomic E-state index is 9.53. The van der Waals surface area contributed by atoms with Crippen LogP contribution in [-0.2, 0) is 6.42 Å². The molecule has 2 nitrogen and oxygen atoms in total. The molecule has 1 saturated heterocycles. The first kappa shape index (κ1) is 11.1. The smallest absolute Gasteiger partial charge is 0.0499 e. The molecule has 1 aliphatic rings. The van der Waals surface area contributed by atoms with Gasteiger partial charge in [-0.05, 0) is 54.6 Å². The average Bonchev–Trinajstić information content (AvgIpc) is 2.81. The van der Waals surface area contributed by atoms with E-state index in [1.54, 1.807) is 11.3 Å². The van der Waals surface area contributed by atoms with Crippen LogP contribution in [0.1, 0.15) is 24.8 Å². The maximum Gasteiger partial charge on any atom is 0.0499 e. The molecule has 1 atom stereocenters. The van der Waals surface area contributed by atoms with Crippen LogP contribution in [0, 0.1) is 5.41 Å². The highest BCUT2D eigenvalue weighted by molar-refractivity contribution is 7.07. The Balaban J connectivity index is 1.89. The molecule has 0 radical (unpaired) electrons. The van der Waals surface area contributed by atoms with Crippen molar-refractivity contribution < 1.29 is 5.11 Å². The molecule has 0 amide bonds. The molecular formula is C12H19NOS. The highest BCUT2D eigenvalue weighted by Gasteiger charge is 2.30. The third-order valence-electron chi connectivity index (χ3n) is 3.42. The number of hydrogen-bond donors (Lipinski definition) is 2. The molecule has 0 saturated carbocycles. The van der Waals surface area contributed by atoms with Gasteiger partial charge < -0.3 is 10.4 Å². The van der Waals surface area contributed by atoms with Crippen molar-refractivity contribution in [2.24, 2.45) is 5.41 Å². The van der Waals surface area contributed by atoms with Crippen LogP contribution >= 0.6 is 11.3 Å². The summed E-state index contributed by atoms with van der Waals surface area (Å²) in [7, 11) is 0. The van der Waals surface area contributed by atoms with Gasteiger partial charge in [-0.3, -0.25) is 0 Å². The van der Waals surface area contributed by atoms with Crippen LogP contribution in [-0.4, -0.2) is 24.8 Å². The van der Waals surface area contributed by atoms with Crippen molar-refractivity contribution in [2.75, 3.05) is 19.7 Å². The SMILES string of the molecule is OCC1(CCc2ccsc2)CCCNC1. The summed E-state index contributed by atoms with van der Waals surface area (Å²) in [6.07, 6.45) is 4.57. The Labute approximate surface area is 95.3 Å². The highest BCUT2D eigenvalue weighted by Crippen LogP contribution is 2.31. The van der Waals surface area contributed by atoms with Crippen molar-refractivity contribution in [1.29, 1.82) is 0 Å². The van der Waals surface area contributed by atoms with Crippen molar-refractivity contribution in [2.45, 2.75) is 25.7 Å². The molecule has 0 aliphatic carbocycles. The summed E-state index contributed by atoms with van der Waals surface area (Å²) in [4.78, 5) is 0. The van der Waals surface area contributed by atoms with Crippen molar-refractivity contribution in [3.8, 4) is 0 Å². The summed E-state index contributed by atoms with van der Waals surface area (Å²) in [6.45, 7) is 2.41. The molecule has 2 rings (SSSR count). The number of hydrogen-bond acceptors (Lipinski definition) is 3. The van der Waals surface area contributed by atoms with E-state index < -0.39 is 0 Å². The second kappa shape index (κ2) is 5.10. The van der Waals surface area contributed by atoms with Crippen LogP contribution in [0.15, 0.2) is 16.8 Å². The molecular weight excluding hydrogens is 206 g/mol. The topological polar surface area (TPSA) is 32.3 Å². The van der Waals surface area contributed by atoms with Gasteiger partial charge >= 0.3 is 0 Å². The molecule has 3 heteroatoms. The van der Waals surface area contributed by atoms with Crippen molar-refractivity contribution in [3.63, 3.8) is 0 Å². The Hall–Kier alpha value is -0.380. The fraction of sp³-hybridized carbons (Fsp3) is 0.667. The van der Waals surface area contributed by atoms with Gasteiger partial charge in [-0.1, -0.05) is 0 Å². The molecule has 2 N–H and O–H groups in total. The van der Waals surface area contributed by atoms with E-state index in [9.17, 15) is 5.11 Å². The summed E-state index contributed by atoms with van der Waals surface area (Å²) in [5.41, 5.74) is 1.55. The van der Waals surface area contributed by atoms with Gasteiger partial charge in [-0.25, -0.2) is 0 Å². The molecule has 1 aromatic rings. The van der Waals surface area contributed by atoms with Crippen LogP contribution in [0.2, 0.25) is 0 Å². The van der Waals surface area contributed by atoms with Gasteiger partial charge in [0.25, 0.3) is 0 Å². The highest BCUT2D eigenvalue weighted by atomic mass is 32.1. The van der Waals surface area contributed by atoms with E-state index in [0.717, 1.165) is 25.9 Å². The predicted octanol–water partition coefficient (Wildman–Crippen LogP) is 2.04. The zero-order valence-electron chi connectivity index (χ0n) is 9.04. The van der Waals surface area contributed by atoms with Gasteiger partial charge in [0.05, 0.1) is 0 Å². The summed E-state index contributed by atoms with van der Waals surface area (Å²) in [5.74, 6) is 0. The normalized spacial score (nSPS) is 26.7. The van der Waals surface area contributed by atoms with Crippen LogP contribution in [0.4, 0.5) is 0 Å². The van der Waals surface area contributed by atoms with Gasteiger partial charge in [0.15, 0.2) is 0 Å². The third-order valence-corrected chi connectivity index (χ3v) is 4.15. The second-order valence-electron chi connectivity index (χ2n) is 4.57. The number of thiophene rings is 1. The number of aryl methyl sites for hydroxylation is 1. The lowest BCUT2D eigenvalue weighted by atomic mass is 9.77. The zero-order valence-corrected chi connectivity index (χ0v) is 9.85. The summed E-state index contributed by atoms with van der Waals surface area (Å²) in [5, 5.41) is 17.3. The van der Waals surface area contributed by atoms with E-state index in [0.29, 0.717) is 6.61 Å². The summed E-state index contributed by atoms with van der Waals surface area (Å²) >= 11 is 1.75. The molecule has 1 unspecified atom stereocenters. The van der Waals surface area contributed by atoms with Gasteiger partial charge in [0, 0.05) is 18.6 Å². The molecule has 2 heterocycles. The lowest BCUT2D eigenvalue weighted by molar-refractivity contribution is 0.0862. The fourth-order valence-electron chi connectivity index (χ4n) is 2.30. The molecule has 1 aliphatic heterocycles. The minimum atomic E-state index is 0.139. The first-order chi connectivity index (χ1) is 7.35. The Morgan fingerprint density at radius 3 is 3.07 bits per heavy atom. The standard InChI is InChI=1S/C12H19NOS/c14-10-12(4-1-6-13-9-12)5-2-11-3-7-15-8-11/h3,7-8,13-14H,1-2,4-6,9-10H2. The Morgan fingerprint density at radius 2 is 2.47 bits per heavy atom. The first-order valence-corrected chi connectivity index (χ1v) is 6.62. The van der Waals surface area contributed by atoms with E-state index in [2.05, 4.69) is 22.1 Å². The van der Waals surface area contributed by atoms with E-state index in [-0.39, 0.29) is 5.41 Å². The maximum absolute atomic E-state index is 9.53. The molecule has 0 aromatic carbocycles. The molecule has 0 bridgehead atoms. The van der Waals surface area contributed by atoms with Crippen molar-refractivity contribution in [3.05, 3.63) is 22.4 Å². The van der Waals surface area contributed by atoms with Crippen LogP contribution in [0.3, 0.4) is 0 Å². The molecule has 84 valence electrons. The fourth-order valence-corrected chi connectivity index (χ4v) is 3.01. The lowest BCUT2D eigenvalue weighted by Crippen LogP contribution is -2.42. The number of aliphatic hydroxyl groups is 1. The second-order valence-corrected chi connectivity index (χ2v) is 5.35. The largest absolute Gasteiger partial charge is 0.396 e. The molecule has 0 spiro atoms. The Morgan fingerprint density at radius 1 is 1.53 bits per heavy atom. The van der Waals surface area contributed by atoms with Gasteiger partial charge in [0.2, 0.25) is 0 Å². The van der Waals surface area contributed by atoms with Crippen LogP contribution in [0.5, 0.6) is 0 Å². The van der Waals surface area contributed by atoms with E-state index in [4.69, 9.17) is 0 Å². The minimum absolute atomic E-state index is 0.139. The number of nitrogens with one attached hydrogen (secondary N) is 1. The minimum Gasteiger partial charge on any atom is -0.396 e. The number of piperidine rings is 1. The summed E-state index contributed by atoms with van der Waals surface area (Å²) < 4.78 is 0. The van der Waals surface area contributed by atoms with Crippen LogP contribution < -0.4 is 5.32 Å². The molecule has 1 fully saturated rings. The lowest BCUT2D eigenvalue weighted by Gasteiger charge is -2.36. The van der Waals surface area contributed by atoms with E-state index in [1.165, 1.54) is 18.4 Å². The van der Waals surface area contributed by atoms with Gasteiger partial charge in [0.1, 0.15) is 0 Å². The van der Waals surface area contributed by atoms with Crippen molar-refractivity contribution >= 4 is 11.3 Å². The third kappa shape index (κ3) is 2.80. The Kier molecular flexibility index (Phi) is 3.78. The van der Waals surface area contributed by atoms with E-state index >= 15 is 0 Å².